The summed E-state index contributed by atoms with van der Waals surface area (Å²) in [6, 6.07) is -0.863. The Morgan fingerprint density at radius 2 is 2.41 bits per heavy atom. The number of aromatic nitrogens is 2. The van der Waals surface area contributed by atoms with Crippen LogP contribution in [0.25, 0.3) is 0 Å². The number of imidazole rings is 1. The molecule has 1 unspecified atom stereocenters. The summed E-state index contributed by atoms with van der Waals surface area (Å²) in [6.07, 6.45) is 3.05. The van der Waals surface area contributed by atoms with Crippen molar-refractivity contribution in [3.05, 3.63) is 18.2 Å². The van der Waals surface area contributed by atoms with E-state index in [2.05, 4.69) is 20.6 Å². The Morgan fingerprint density at radius 1 is 1.71 bits per heavy atom. The fourth-order valence-corrected chi connectivity index (χ4v) is 1.19. The first-order valence-corrected chi connectivity index (χ1v) is 4.74. The fraction of sp³-hybridized carbons (Fsp3) is 0.444. The van der Waals surface area contributed by atoms with E-state index in [-0.39, 0.29) is 35.9 Å². The summed E-state index contributed by atoms with van der Waals surface area (Å²) >= 11 is 0. The van der Waals surface area contributed by atoms with Crippen LogP contribution in [0.3, 0.4) is 0 Å². The summed E-state index contributed by atoms with van der Waals surface area (Å²) in [5, 5.41) is 23.1. The van der Waals surface area contributed by atoms with E-state index >= 15 is 0 Å². The minimum absolute atomic E-state index is 0. The van der Waals surface area contributed by atoms with Crippen molar-refractivity contribution in [3.8, 4) is 0 Å². The standard InChI is InChI=1S/C9H15N5O2.Cu/c1-11-4-8(15)14-7(9(10)16)2-6-3-12-5-13-6;/h3,5,7,11H,2,4H2,1H3,(H4,10,12,13,14,15,16);/q;+2/p-2. The Labute approximate surface area is 109 Å². The molecule has 1 aromatic heterocycles. The number of carbonyl (C=O) groups is 1. The van der Waals surface area contributed by atoms with Crippen LogP contribution in [-0.2, 0) is 28.3 Å². The Balaban J connectivity index is 0.00000256. The normalized spacial score (nSPS) is 11.4. The largest absolute Gasteiger partial charge is 2.00 e. The third-order valence-corrected chi connectivity index (χ3v) is 1.92. The Kier molecular flexibility index (Phi) is 7.20. The van der Waals surface area contributed by atoms with Gasteiger partial charge in [-0.15, -0.1) is 0 Å². The first-order valence-electron chi connectivity index (χ1n) is 4.74. The molecule has 1 heterocycles. The molecular formula is C9H13CuN5O2. The van der Waals surface area contributed by atoms with E-state index in [1.807, 2.05) is 0 Å². The first-order chi connectivity index (χ1) is 7.63. The van der Waals surface area contributed by atoms with Gasteiger partial charge in [-0.3, -0.25) is 4.79 Å². The van der Waals surface area contributed by atoms with Crippen molar-refractivity contribution in [1.82, 2.24) is 20.6 Å². The number of carbonyl (C=O) groups excluding carboxylic acids is 1. The molecule has 3 N–H and O–H groups in total. The van der Waals surface area contributed by atoms with Gasteiger partial charge in [0.15, 0.2) is 0 Å². The van der Waals surface area contributed by atoms with Gasteiger partial charge in [-0.2, -0.15) is 0 Å². The molecule has 1 rings (SSSR count). The topological polar surface area (TPSA) is 115 Å². The molecule has 8 heteroatoms. The molecule has 0 saturated carbocycles. The molecule has 0 aliphatic carbocycles. The zero-order chi connectivity index (χ0) is 12.0. The molecule has 1 amide bonds. The molecule has 0 bridgehead atoms. The summed E-state index contributed by atoms with van der Waals surface area (Å²) in [7, 11) is 1.62. The molecule has 1 atom stereocenters. The van der Waals surface area contributed by atoms with Crippen LogP contribution in [-0.4, -0.2) is 36.4 Å². The van der Waals surface area contributed by atoms with Crippen LogP contribution in [0.15, 0.2) is 12.5 Å². The molecule has 0 spiro atoms. The first kappa shape index (κ1) is 15.6. The van der Waals surface area contributed by atoms with Gasteiger partial charge in [0.25, 0.3) is 0 Å². The minimum Gasteiger partial charge on any atom is -0.861 e. The van der Waals surface area contributed by atoms with Crippen molar-refractivity contribution in [1.29, 1.82) is 5.41 Å². The molecule has 0 fully saturated rings. The molecule has 0 aliphatic heterocycles. The number of nitrogens with one attached hydrogen (secondary N) is 3. The van der Waals surface area contributed by atoms with Gasteiger partial charge in [0.2, 0.25) is 5.91 Å². The summed E-state index contributed by atoms with van der Waals surface area (Å²) in [5.41, 5.74) is 0.579. The second-order valence-corrected chi connectivity index (χ2v) is 3.23. The minimum atomic E-state index is -0.863. The van der Waals surface area contributed by atoms with Crippen molar-refractivity contribution in [2.75, 3.05) is 13.6 Å². The maximum Gasteiger partial charge on any atom is 2.00 e. The quantitative estimate of drug-likeness (QED) is 0.307. The van der Waals surface area contributed by atoms with Crippen LogP contribution in [0.1, 0.15) is 5.69 Å². The third-order valence-electron chi connectivity index (χ3n) is 1.92. The molecule has 97 valence electrons. The van der Waals surface area contributed by atoms with Crippen molar-refractivity contribution in [2.45, 2.75) is 12.5 Å². The monoisotopic (exact) mass is 286 g/mol. The summed E-state index contributed by atoms with van der Waals surface area (Å²) in [6.45, 7) is 0.108. The zero-order valence-corrected chi connectivity index (χ0v) is 10.1. The Morgan fingerprint density at radius 3 is 2.88 bits per heavy atom. The van der Waals surface area contributed by atoms with Crippen molar-refractivity contribution >= 4 is 11.8 Å². The molecular weight excluding hydrogens is 274 g/mol. The number of amides is 1. The van der Waals surface area contributed by atoms with Crippen LogP contribution >= 0.6 is 0 Å². The van der Waals surface area contributed by atoms with E-state index in [4.69, 9.17) is 5.41 Å². The predicted molar refractivity (Wildman–Crippen MR) is 54.8 cm³/mol. The summed E-state index contributed by atoms with van der Waals surface area (Å²) in [4.78, 5) is 18.9. The zero-order valence-electron chi connectivity index (χ0n) is 9.16. The molecule has 1 radical (unpaired) electrons. The molecule has 0 saturated heterocycles. The Hall–Kier alpha value is -1.37. The van der Waals surface area contributed by atoms with Gasteiger partial charge in [0.1, 0.15) is 0 Å². The SMILES string of the molecule is CNCC(=O)NC(Cc1c[n-]cn1)C(=N)[O-].[Cu+2]. The number of nitrogens with zero attached hydrogens (tertiary/aromatic N) is 2. The van der Waals surface area contributed by atoms with E-state index in [1.165, 1.54) is 12.5 Å². The number of hydrogen-bond donors (Lipinski definition) is 3. The number of rotatable bonds is 6. The van der Waals surface area contributed by atoms with Crippen LogP contribution in [0.2, 0.25) is 0 Å². The fourth-order valence-electron chi connectivity index (χ4n) is 1.19. The van der Waals surface area contributed by atoms with Crippen LogP contribution in [0.4, 0.5) is 0 Å². The van der Waals surface area contributed by atoms with Gasteiger partial charge in [-0.1, -0.05) is 18.2 Å². The molecule has 17 heavy (non-hydrogen) atoms. The van der Waals surface area contributed by atoms with Gasteiger partial charge >= 0.3 is 17.1 Å². The predicted octanol–water partition coefficient (Wildman–Crippen LogP) is -2.38. The molecule has 0 aliphatic rings. The number of likely N-dealkylation sites (N-methyl/N-ethyl adjacent to an activating group) is 1. The summed E-state index contributed by atoms with van der Waals surface area (Å²) in [5.74, 6) is -1.17. The van der Waals surface area contributed by atoms with Gasteiger partial charge in [0, 0.05) is 0 Å². The number of hydrogen-bond acceptors (Lipinski definition) is 5. The average Bonchev–Trinajstić information content (AvgIpc) is 2.69. The van der Waals surface area contributed by atoms with E-state index in [9.17, 15) is 9.90 Å². The van der Waals surface area contributed by atoms with E-state index in [0.29, 0.717) is 5.69 Å². The van der Waals surface area contributed by atoms with Gasteiger partial charge in [-0.25, -0.2) is 0 Å². The smallest absolute Gasteiger partial charge is 0.861 e. The maximum absolute atomic E-state index is 11.2. The van der Waals surface area contributed by atoms with E-state index in [0.717, 1.165) is 0 Å². The second kappa shape index (κ2) is 7.83. The average molecular weight is 287 g/mol. The molecule has 0 aromatic carbocycles. The second-order valence-electron chi connectivity index (χ2n) is 3.23. The van der Waals surface area contributed by atoms with Crippen molar-refractivity contribution in [3.63, 3.8) is 0 Å². The maximum atomic E-state index is 11.2. The van der Waals surface area contributed by atoms with Gasteiger partial charge in [-0.05, 0) is 19.4 Å². The third kappa shape index (κ3) is 5.48. The van der Waals surface area contributed by atoms with Crippen LogP contribution in [0.5, 0.6) is 0 Å². The van der Waals surface area contributed by atoms with Crippen LogP contribution in [0, 0.1) is 5.41 Å². The van der Waals surface area contributed by atoms with E-state index in [1.54, 1.807) is 7.05 Å². The van der Waals surface area contributed by atoms with Gasteiger partial charge < -0.3 is 31.1 Å². The van der Waals surface area contributed by atoms with Crippen LogP contribution < -0.4 is 20.7 Å². The van der Waals surface area contributed by atoms with Gasteiger partial charge in [0.05, 0.1) is 12.6 Å². The van der Waals surface area contributed by atoms with Crippen molar-refractivity contribution in [2.24, 2.45) is 0 Å². The molecule has 7 nitrogen and oxygen atoms in total. The van der Waals surface area contributed by atoms with Crippen molar-refractivity contribution < 1.29 is 27.0 Å². The van der Waals surface area contributed by atoms with E-state index < -0.39 is 11.9 Å². The molecule has 1 aromatic rings. The summed E-state index contributed by atoms with van der Waals surface area (Å²) < 4.78 is 0. The Bertz CT molecular complexity index is 354.